The van der Waals surface area contributed by atoms with Crippen LogP contribution >= 0.6 is 0 Å². The highest BCUT2D eigenvalue weighted by Crippen LogP contribution is 2.23. The Balaban J connectivity index is 1.51. The minimum Gasteiger partial charge on any atom is -0.352 e. The summed E-state index contributed by atoms with van der Waals surface area (Å²) in [5.41, 5.74) is 3.79. The number of nitrogens with one attached hydrogen (secondary N) is 2. The second kappa shape index (κ2) is 7.09. The molecule has 0 spiro atoms. The number of rotatable bonds is 5. The standard InChI is InChI=1S/C19H20N2O2/c22-18-11-9-15-13-16(8-10-17(15)21-18)19(23)20-12-4-7-14-5-2-1-3-6-14/h1-3,5-6,8,10,13H,4,7,9,11-12H2,(H,20,23)(H,21,22). The van der Waals surface area contributed by atoms with E-state index in [0.717, 1.165) is 24.1 Å². The predicted octanol–water partition coefficient (Wildman–Crippen LogP) is 2.93. The largest absolute Gasteiger partial charge is 0.352 e. The quantitative estimate of drug-likeness (QED) is 0.834. The fourth-order valence-corrected chi connectivity index (χ4v) is 2.77. The van der Waals surface area contributed by atoms with Gasteiger partial charge in [0.25, 0.3) is 5.91 Å². The van der Waals surface area contributed by atoms with Crippen molar-refractivity contribution in [2.75, 3.05) is 11.9 Å². The highest BCUT2D eigenvalue weighted by atomic mass is 16.2. The van der Waals surface area contributed by atoms with Gasteiger partial charge >= 0.3 is 0 Å². The average Bonchev–Trinajstić information content (AvgIpc) is 2.59. The van der Waals surface area contributed by atoms with E-state index < -0.39 is 0 Å². The maximum absolute atomic E-state index is 12.2. The number of hydrogen-bond donors (Lipinski definition) is 2. The first-order valence-corrected chi connectivity index (χ1v) is 7.97. The molecule has 2 amide bonds. The number of carbonyl (C=O) groups excluding carboxylic acids is 2. The molecule has 0 saturated carbocycles. The average molecular weight is 308 g/mol. The van der Waals surface area contributed by atoms with E-state index in [-0.39, 0.29) is 11.8 Å². The van der Waals surface area contributed by atoms with Gasteiger partial charge in [-0.25, -0.2) is 0 Å². The third kappa shape index (κ3) is 3.97. The van der Waals surface area contributed by atoms with Crippen molar-refractivity contribution in [3.63, 3.8) is 0 Å². The zero-order valence-electron chi connectivity index (χ0n) is 13.0. The number of benzene rings is 2. The van der Waals surface area contributed by atoms with Crippen LogP contribution < -0.4 is 10.6 Å². The Labute approximate surface area is 135 Å². The normalized spacial score (nSPS) is 13.1. The van der Waals surface area contributed by atoms with Crippen LogP contribution in [-0.2, 0) is 17.6 Å². The van der Waals surface area contributed by atoms with Gasteiger partial charge in [0.05, 0.1) is 0 Å². The molecule has 0 aromatic heterocycles. The molecule has 1 heterocycles. The lowest BCUT2D eigenvalue weighted by molar-refractivity contribution is -0.116. The van der Waals surface area contributed by atoms with Crippen molar-refractivity contribution in [3.05, 3.63) is 65.2 Å². The molecule has 0 atom stereocenters. The van der Waals surface area contributed by atoms with Crippen LogP contribution in [0.15, 0.2) is 48.5 Å². The van der Waals surface area contributed by atoms with Crippen molar-refractivity contribution < 1.29 is 9.59 Å². The van der Waals surface area contributed by atoms with Gasteiger partial charge in [0.2, 0.25) is 5.91 Å². The number of anilines is 1. The highest BCUT2D eigenvalue weighted by molar-refractivity contribution is 5.97. The van der Waals surface area contributed by atoms with Gasteiger partial charge in [0, 0.05) is 24.2 Å². The molecule has 23 heavy (non-hydrogen) atoms. The second-order valence-corrected chi connectivity index (χ2v) is 5.77. The molecule has 1 aliphatic rings. The van der Waals surface area contributed by atoms with E-state index in [1.54, 1.807) is 6.07 Å². The molecule has 3 rings (SSSR count). The molecule has 0 radical (unpaired) electrons. The van der Waals surface area contributed by atoms with Crippen molar-refractivity contribution in [1.82, 2.24) is 5.32 Å². The Hall–Kier alpha value is -2.62. The molecule has 4 nitrogen and oxygen atoms in total. The summed E-state index contributed by atoms with van der Waals surface area (Å²) in [4.78, 5) is 23.6. The summed E-state index contributed by atoms with van der Waals surface area (Å²) in [6.45, 7) is 0.654. The number of hydrogen-bond acceptors (Lipinski definition) is 2. The zero-order chi connectivity index (χ0) is 16.1. The van der Waals surface area contributed by atoms with Gasteiger partial charge in [-0.2, -0.15) is 0 Å². The fraction of sp³-hybridized carbons (Fsp3) is 0.263. The van der Waals surface area contributed by atoms with Gasteiger partial charge < -0.3 is 10.6 Å². The number of amides is 2. The third-order valence-corrected chi connectivity index (χ3v) is 4.03. The summed E-state index contributed by atoms with van der Waals surface area (Å²) in [6.07, 6.45) is 3.04. The van der Waals surface area contributed by atoms with Gasteiger partial charge in [-0.3, -0.25) is 9.59 Å². The van der Waals surface area contributed by atoms with Crippen LogP contribution in [0.5, 0.6) is 0 Å². The first-order valence-electron chi connectivity index (χ1n) is 7.97. The van der Waals surface area contributed by atoms with Crippen molar-refractivity contribution in [2.24, 2.45) is 0 Å². The number of aryl methyl sites for hydroxylation is 2. The molecule has 0 fully saturated rings. The summed E-state index contributed by atoms with van der Waals surface area (Å²) in [5.74, 6) is -0.0200. The Bertz CT molecular complexity index is 711. The predicted molar refractivity (Wildman–Crippen MR) is 90.5 cm³/mol. The Kier molecular flexibility index (Phi) is 4.71. The van der Waals surface area contributed by atoms with Crippen molar-refractivity contribution in [2.45, 2.75) is 25.7 Å². The van der Waals surface area contributed by atoms with Gasteiger partial charge in [-0.05, 0) is 48.6 Å². The maximum Gasteiger partial charge on any atom is 0.251 e. The summed E-state index contributed by atoms with van der Waals surface area (Å²) in [6, 6.07) is 15.7. The first-order chi connectivity index (χ1) is 11.2. The van der Waals surface area contributed by atoms with Gasteiger partial charge in [-0.1, -0.05) is 30.3 Å². The Morgan fingerprint density at radius 2 is 1.91 bits per heavy atom. The van der Waals surface area contributed by atoms with Crippen LogP contribution in [0, 0.1) is 0 Å². The molecule has 2 aromatic carbocycles. The summed E-state index contributed by atoms with van der Waals surface area (Å²) < 4.78 is 0. The van der Waals surface area contributed by atoms with Crippen LogP contribution in [0.2, 0.25) is 0 Å². The summed E-state index contributed by atoms with van der Waals surface area (Å²) in [7, 11) is 0. The van der Waals surface area contributed by atoms with Gasteiger partial charge in [0.15, 0.2) is 0 Å². The molecule has 2 aromatic rings. The van der Waals surface area contributed by atoms with E-state index in [2.05, 4.69) is 22.8 Å². The van der Waals surface area contributed by atoms with E-state index >= 15 is 0 Å². The lowest BCUT2D eigenvalue weighted by Gasteiger charge is -2.17. The molecule has 0 bridgehead atoms. The molecule has 0 aliphatic carbocycles. The van der Waals surface area contributed by atoms with Gasteiger partial charge in [-0.15, -0.1) is 0 Å². The second-order valence-electron chi connectivity index (χ2n) is 5.77. The van der Waals surface area contributed by atoms with E-state index in [1.807, 2.05) is 30.3 Å². The number of carbonyl (C=O) groups is 2. The van der Waals surface area contributed by atoms with Crippen molar-refractivity contribution in [1.29, 1.82) is 0 Å². The van der Waals surface area contributed by atoms with Crippen LogP contribution in [0.4, 0.5) is 5.69 Å². The molecule has 0 unspecified atom stereocenters. The van der Waals surface area contributed by atoms with Crippen molar-refractivity contribution in [3.8, 4) is 0 Å². The Morgan fingerprint density at radius 3 is 2.74 bits per heavy atom. The maximum atomic E-state index is 12.2. The van der Waals surface area contributed by atoms with Crippen LogP contribution in [0.1, 0.15) is 34.3 Å². The van der Waals surface area contributed by atoms with E-state index in [9.17, 15) is 9.59 Å². The lowest BCUT2D eigenvalue weighted by Crippen LogP contribution is -2.25. The first kappa shape index (κ1) is 15.3. The SMILES string of the molecule is O=C1CCc2cc(C(=O)NCCCc3ccccc3)ccc2N1. The number of fused-ring (bicyclic) bond motifs is 1. The fourth-order valence-electron chi connectivity index (χ4n) is 2.77. The minimum absolute atomic E-state index is 0.0376. The minimum atomic E-state index is -0.0576. The van der Waals surface area contributed by atoms with Crippen LogP contribution in [0.3, 0.4) is 0 Å². The van der Waals surface area contributed by atoms with Crippen LogP contribution in [0.25, 0.3) is 0 Å². The van der Waals surface area contributed by atoms with E-state index in [0.29, 0.717) is 24.9 Å². The Morgan fingerprint density at radius 1 is 1.09 bits per heavy atom. The lowest BCUT2D eigenvalue weighted by atomic mass is 10.00. The molecule has 1 aliphatic heterocycles. The molecule has 2 N–H and O–H groups in total. The molecule has 4 heteroatoms. The smallest absolute Gasteiger partial charge is 0.251 e. The van der Waals surface area contributed by atoms with E-state index in [4.69, 9.17) is 0 Å². The molecule has 118 valence electrons. The molecular formula is C19H20N2O2. The van der Waals surface area contributed by atoms with E-state index in [1.165, 1.54) is 5.56 Å². The van der Waals surface area contributed by atoms with Crippen molar-refractivity contribution >= 4 is 17.5 Å². The van der Waals surface area contributed by atoms with Crippen LogP contribution in [-0.4, -0.2) is 18.4 Å². The highest BCUT2D eigenvalue weighted by Gasteiger charge is 2.16. The summed E-state index contributed by atoms with van der Waals surface area (Å²) in [5, 5.41) is 5.78. The molecular weight excluding hydrogens is 288 g/mol. The summed E-state index contributed by atoms with van der Waals surface area (Å²) >= 11 is 0. The molecule has 0 saturated heterocycles. The van der Waals surface area contributed by atoms with Gasteiger partial charge in [0.1, 0.15) is 0 Å². The monoisotopic (exact) mass is 308 g/mol. The zero-order valence-corrected chi connectivity index (χ0v) is 13.0. The third-order valence-electron chi connectivity index (χ3n) is 4.03. The topological polar surface area (TPSA) is 58.2 Å².